The Bertz CT molecular complexity index is 412. The minimum Gasteiger partial charge on any atom is -0.381 e. The Kier molecular flexibility index (Phi) is 5.01. The second kappa shape index (κ2) is 6.99. The van der Waals surface area contributed by atoms with E-state index in [4.69, 9.17) is 4.74 Å². The average molecular weight is 308 g/mol. The Morgan fingerprint density at radius 2 is 1.59 bits per heavy atom. The zero-order valence-corrected chi connectivity index (χ0v) is 13.4. The van der Waals surface area contributed by atoms with Gasteiger partial charge in [0.1, 0.15) is 0 Å². The third-order valence-electron chi connectivity index (χ3n) is 5.69. The average Bonchev–Trinajstić information content (AvgIpc) is 3.26. The van der Waals surface area contributed by atoms with Crippen LogP contribution in [0.5, 0.6) is 0 Å². The lowest BCUT2D eigenvalue weighted by molar-refractivity contribution is -0.126. The summed E-state index contributed by atoms with van der Waals surface area (Å²) < 4.78 is 5.38. The van der Waals surface area contributed by atoms with Gasteiger partial charge in [-0.3, -0.25) is 9.59 Å². The van der Waals surface area contributed by atoms with Gasteiger partial charge in [-0.05, 0) is 37.5 Å². The first-order chi connectivity index (χ1) is 10.7. The van der Waals surface area contributed by atoms with Crippen molar-refractivity contribution >= 4 is 11.8 Å². The molecule has 0 unspecified atom stereocenters. The third-order valence-corrected chi connectivity index (χ3v) is 5.69. The largest absolute Gasteiger partial charge is 0.381 e. The molecule has 5 nitrogen and oxygen atoms in total. The van der Waals surface area contributed by atoms with Crippen LogP contribution in [0, 0.1) is 17.3 Å². The fourth-order valence-corrected chi connectivity index (χ4v) is 4.05. The molecule has 0 radical (unpaired) electrons. The summed E-state index contributed by atoms with van der Waals surface area (Å²) in [5, 5.41) is 5.94. The van der Waals surface area contributed by atoms with Crippen molar-refractivity contribution < 1.29 is 14.3 Å². The molecule has 5 heteroatoms. The first kappa shape index (κ1) is 15.8. The van der Waals surface area contributed by atoms with Crippen LogP contribution in [0.4, 0.5) is 0 Å². The van der Waals surface area contributed by atoms with Crippen LogP contribution in [0.1, 0.15) is 51.4 Å². The fraction of sp³-hybridized carbons (Fsp3) is 0.882. The summed E-state index contributed by atoms with van der Waals surface area (Å²) in [6.45, 7) is 2.67. The molecule has 2 N–H and O–H groups in total. The van der Waals surface area contributed by atoms with Gasteiger partial charge in [0.25, 0.3) is 0 Å². The first-order valence-corrected chi connectivity index (χ1v) is 8.84. The van der Waals surface area contributed by atoms with Gasteiger partial charge in [0.15, 0.2) is 0 Å². The van der Waals surface area contributed by atoms with Crippen molar-refractivity contribution in [2.24, 2.45) is 17.3 Å². The van der Waals surface area contributed by atoms with Gasteiger partial charge in [-0.25, -0.2) is 0 Å². The van der Waals surface area contributed by atoms with Crippen LogP contribution in [0.15, 0.2) is 0 Å². The number of carbonyl (C=O) groups excluding carboxylic acids is 2. The van der Waals surface area contributed by atoms with Gasteiger partial charge in [0.2, 0.25) is 11.8 Å². The maximum Gasteiger partial charge on any atom is 0.223 e. The van der Waals surface area contributed by atoms with Crippen LogP contribution >= 0.6 is 0 Å². The molecule has 1 aliphatic heterocycles. The highest BCUT2D eigenvalue weighted by Crippen LogP contribution is 2.59. The Morgan fingerprint density at radius 3 is 2.27 bits per heavy atom. The minimum absolute atomic E-state index is 0.161. The summed E-state index contributed by atoms with van der Waals surface area (Å²) in [5.41, 5.74) is 0.230. The zero-order valence-electron chi connectivity index (χ0n) is 13.4. The van der Waals surface area contributed by atoms with Crippen molar-refractivity contribution in [3.8, 4) is 0 Å². The lowest BCUT2D eigenvalue weighted by atomic mass is 9.89. The van der Waals surface area contributed by atoms with Crippen LogP contribution in [-0.4, -0.2) is 38.1 Å². The van der Waals surface area contributed by atoms with Crippen LogP contribution in [0.25, 0.3) is 0 Å². The number of hydrogen-bond acceptors (Lipinski definition) is 3. The van der Waals surface area contributed by atoms with Crippen molar-refractivity contribution in [3.63, 3.8) is 0 Å². The smallest absolute Gasteiger partial charge is 0.223 e. The monoisotopic (exact) mass is 308 g/mol. The number of ether oxygens (including phenoxy) is 1. The number of amides is 2. The molecule has 3 aliphatic rings. The zero-order chi connectivity index (χ0) is 15.4. The number of rotatable bonds is 5. The van der Waals surface area contributed by atoms with Gasteiger partial charge >= 0.3 is 0 Å². The van der Waals surface area contributed by atoms with Crippen molar-refractivity contribution in [2.45, 2.75) is 51.4 Å². The van der Waals surface area contributed by atoms with E-state index in [1.165, 1.54) is 19.3 Å². The molecule has 1 saturated heterocycles. The van der Waals surface area contributed by atoms with Crippen LogP contribution in [-0.2, 0) is 14.3 Å². The van der Waals surface area contributed by atoms with Gasteiger partial charge in [-0.15, -0.1) is 0 Å². The van der Waals surface area contributed by atoms with Crippen molar-refractivity contribution in [3.05, 3.63) is 0 Å². The molecule has 1 spiro atoms. The Hall–Kier alpha value is -1.10. The first-order valence-electron chi connectivity index (χ1n) is 8.84. The van der Waals surface area contributed by atoms with E-state index >= 15 is 0 Å². The highest BCUT2D eigenvalue weighted by atomic mass is 16.5. The maximum atomic E-state index is 12.2. The summed E-state index contributed by atoms with van der Waals surface area (Å²) in [5.74, 6) is 0.693. The van der Waals surface area contributed by atoms with Crippen LogP contribution in [0.3, 0.4) is 0 Å². The molecule has 0 aromatic rings. The molecule has 2 saturated carbocycles. The molecule has 1 heterocycles. The summed E-state index contributed by atoms with van der Waals surface area (Å²) >= 11 is 0. The van der Waals surface area contributed by atoms with E-state index in [1.807, 2.05) is 0 Å². The van der Waals surface area contributed by atoms with Crippen molar-refractivity contribution in [2.75, 3.05) is 26.3 Å². The van der Waals surface area contributed by atoms with Gasteiger partial charge in [-0.1, -0.05) is 19.3 Å². The van der Waals surface area contributed by atoms with Crippen molar-refractivity contribution in [1.82, 2.24) is 10.6 Å². The van der Waals surface area contributed by atoms with Crippen LogP contribution in [0.2, 0.25) is 0 Å². The SMILES string of the molecule is O=C(NCCNC(=O)[C@@H]1CC12CCOCC2)C1CCCCC1. The third kappa shape index (κ3) is 3.62. The molecule has 3 fully saturated rings. The highest BCUT2D eigenvalue weighted by molar-refractivity contribution is 5.82. The van der Waals surface area contributed by atoms with Crippen LogP contribution < -0.4 is 10.6 Å². The molecule has 0 bridgehead atoms. The topological polar surface area (TPSA) is 67.4 Å². The Balaban J connectivity index is 1.30. The quantitative estimate of drug-likeness (QED) is 0.758. The summed E-state index contributed by atoms with van der Waals surface area (Å²) in [6.07, 6.45) is 8.68. The van der Waals surface area contributed by atoms with Gasteiger partial charge in [0.05, 0.1) is 0 Å². The van der Waals surface area contributed by atoms with Gasteiger partial charge in [-0.2, -0.15) is 0 Å². The molecule has 2 aliphatic carbocycles. The molecule has 22 heavy (non-hydrogen) atoms. The van der Waals surface area contributed by atoms with Gasteiger partial charge < -0.3 is 15.4 Å². The molecular weight excluding hydrogens is 280 g/mol. The van der Waals surface area contributed by atoms with E-state index in [1.54, 1.807) is 0 Å². The normalized spacial score (nSPS) is 27.4. The number of hydrogen-bond donors (Lipinski definition) is 2. The minimum atomic E-state index is 0.161. The Morgan fingerprint density at radius 1 is 0.955 bits per heavy atom. The van der Waals surface area contributed by atoms with Gasteiger partial charge in [0, 0.05) is 38.1 Å². The number of carbonyl (C=O) groups is 2. The predicted octanol–water partition coefficient (Wildman–Crippen LogP) is 1.62. The van der Waals surface area contributed by atoms with E-state index in [2.05, 4.69) is 10.6 Å². The molecule has 1 atom stereocenters. The second-order valence-corrected chi connectivity index (χ2v) is 7.15. The molecule has 3 rings (SSSR count). The predicted molar refractivity (Wildman–Crippen MR) is 83.2 cm³/mol. The maximum absolute atomic E-state index is 12.2. The summed E-state index contributed by atoms with van der Waals surface area (Å²) in [6, 6.07) is 0. The summed E-state index contributed by atoms with van der Waals surface area (Å²) in [4.78, 5) is 24.2. The molecule has 2 amide bonds. The van der Waals surface area contributed by atoms with E-state index in [-0.39, 0.29) is 29.1 Å². The van der Waals surface area contributed by atoms with E-state index in [0.717, 1.165) is 45.3 Å². The number of nitrogens with one attached hydrogen (secondary N) is 2. The summed E-state index contributed by atoms with van der Waals surface area (Å²) in [7, 11) is 0. The Labute approximate surface area is 132 Å². The second-order valence-electron chi connectivity index (χ2n) is 7.15. The lowest BCUT2D eigenvalue weighted by Gasteiger charge is -2.22. The van der Waals surface area contributed by atoms with E-state index in [9.17, 15) is 9.59 Å². The molecule has 0 aromatic carbocycles. The van der Waals surface area contributed by atoms with E-state index < -0.39 is 0 Å². The molecular formula is C17H28N2O3. The fourth-order valence-electron chi connectivity index (χ4n) is 4.05. The standard InChI is InChI=1S/C17H28N2O3/c20-15(13-4-2-1-3-5-13)18-8-9-19-16(21)14-12-17(14)6-10-22-11-7-17/h13-14H,1-12H2,(H,18,20)(H,19,21)/t14-/m0/s1. The lowest BCUT2D eigenvalue weighted by Crippen LogP contribution is -2.39. The molecule has 0 aromatic heterocycles. The highest BCUT2D eigenvalue weighted by Gasteiger charge is 2.57. The van der Waals surface area contributed by atoms with E-state index in [0.29, 0.717) is 13.1 Å². The van der Waals surface area contributed by atoms with Crippen molar-refractivity contribution in [1.29, 1.82) is 0 Å². The molecule has 124 valence electrons.